The highest BCUT2D eigenvalue weighted by Crippen LogP contribution is 2.22. The number of nitrogens with zero attached hydrogens (tertiary/aromatic N) is 2. The van der Waals surface area contributed by atoms with Crippen LogP contribution in [0.25, 0.3) is 5.69 Å². The van der Waals surface area contributed by atoms with Crippen LogP contribution in [-0.2, 0) is 9.53 Å². The second kappa shape index (κ2) is 7.39. The van der Waals surface area contributed by atoms with Crippen molar-refractivity contribution in [3.05, 3.63) is 47.3 Å². The number of aromatic nitrogens is 2. The maximum absolute atomic E-state index is 11.4. The maximum Gasteiger partial charge on any atom is 0.308 e. The summed E-state index contributed by atoms with van der Waals surface area (Å²) in [5.74, 6) is -0.534. The summed E-state index contributed by atoms with van der Waals surface area (Å²) >= 11 is 0. The van der Waals surface area contributed by atoms with E-state index in [1.54, 1.807) is 29.8 Å². The number of esters is 1. The molecule has 2 unspecified atom stereocenters. The summed E-state index contributed by atoms with van der Waals surface area (Å²) in [7, 11) is 0. The normalized spacial score (nSPS) is 13.6. The molecule has 0 aliphatic carbocycles. The smallest absolute Gasteiger partial charge is 0.308 e. The fourth-order valence-corrected chi connectivity index (χ4v) is 2.46. The van der Waals surface area contributed by atoms with Gasteiger partial charge in [-0.25, -0.2) is 4.68 Å². The minimum Gasteiger partial charge on any atom is -0.466 e. The van der Waals surface area contributed by atoms with E-state index in [9.17, 15) is 15.0 Å². The second-order valence-corrected chi connectivity index (χ2v) is 5.46. The van der Waals surface area contributed by atoms with E-state index in [1.807, 2.05) is 26.0 Å². The molecule has 23 heavy (non-hydrogen) atoms. The van der Waals surface area contributed by atoms with Crippen molar-refractivity contribution in [2.75, 3.05) is 6.61 Å². The highest BCUT2D eigenvalue weighted by molar-refractivity contribution is 5.70. The lowest BCUT2D eigenvalue weighted by Gasteiger charge is -2.18. The second-order valence-electron chi connectivity index (χ2n) is 5.46. The number of hydrogen-bond acceptors (Lipinski definition) is 5. The number of aliphatic hydroxyl groups is 2. The van der Waals surface area contributed by atoms with Gasteiger partial charge in [0.15, 0.2) is 0 Å². The molecule has 0 fully saturated rings. The third-order valence-electron chi connectivity index (χ3n) is 3.51. The molecule has 0 radical (unpaired) electrons. The molecule has 0 spiro atoms. The van der Waals surface area contributed by atoms with Gasteiger partial charge in [-0.05, 0) is 44.5 Å². The Kier molecular flexibility index (Phi) is 5.52. The number of aliphatic hydroxyl groups excluding tert-OH is 2. The quantitative estimate of drug-likeness (QED) is 0.794. The first-order valence-corrected chi connectivity index (χ1v) is 7.57. The number of ether oxygens (including phenoxy) is 1. The van der Waals surface area contributed by atoms with E-state index in [2.05, 4.69) is 5.10 Å². The lowest BCUT2D eigenvalue weighted by molar-refractivity contribution is -0.147. The zero-order valence-corrected chi connectivity index (χ0v) is 13.6. The van der Waals surface area contributed by atoms with Crippen molar-refractivity contribution in [3.8, 4) is 5.69 Å². The van der Waals surface area contributed by atoms with E-state index in [1.165, 1.54) is 0 Å². The van der Waals surface area contributed by atoms with Crippen LogP contribution in [-0.4, -0.2) is 38.7 Å². The number of rotatable bonds is 6. The summed E-state index contributed by atoms with van der Waals surface area (Å²) in [6.45, 7) is 5.79. The third kappa shape index (κ3) is 4.18. The summed E-state index contributed by atoms with van der Waals surface area (Å²) in [4.78, 5) is 11.4. The van der Waals surface area contributed by atoms with Gasteiger partial charge in [0.1, 0.15) is 6.10 Å². The van der Waals surface area contributed by atoms with Crippen LogP contribution < -0.4 is 0 Å². The lowest BCUT2D eigenvalue weighted by atomic mass is 10.0. The molecular formula is C17H22N2O4. The van der Waals surface area contributed by atoms with Gasteiger partial charge >= 0.3 is 5.97 Å². The van der Waals surface area contributed by atoms with Crippen LogP contribution in [0.1, 0.15) is 36.4 Å². The molecule has 2 atom stereocenters. The number of benzene rings is 1. The van der Waals surface area contributed by atoms with Gasteiger partial charge in [-0.3, -0.25) is 4.79 Å². The standard InChI is InChI=1S/C17H22N2O4/c1-4-23-16(21)10-15(20)17(22)13-6-5-7-14(9-13)19-12(3)8-11(2)18-19/h5-9,15,17,20,22H,4,10H2,1-3H3. The Labute approximate surface area is 135 Å². The van der Waals surface area contributed by atoms with Crippen LogP contribution in [0.15, 0.2) is 30.3 Å². The van der Waals surface area contributed by atoms with E-state index in [4.69, 9.17) is 4.74 Å². The first-order valence-electron chi connectivity index (χ1n) is 7.57. The van der Waals surface area contributed by atoms with E-state index in [0.29, 0.717) is 5.56 Å². The van der Waals surface area contributed by atoms with Crippen LogP contribution >= 0.6 is 0 Å². The molecule has 0 bridgehead atoms. The molecule has 0 aliphatic heterocycles. The first-order chi connectivity index (χ1) is 10.9. The van der Waals surface area contributed by atoms with Gasteiger partial charge in [-0.2, -0.15) is 5.10 Å². The molecule has 2 aromatic rings. The molecule has 0 saturated carbocycles. The summed E-state index contributed by atoms with van der Waals surface area (Å²) in [6.07, 6.45) is -2.64. The maximum atomic E-state index is 11.4. The van der Waals surface area contributed by atoms with Crippen molar-refractivity contribution in [2.45, 2.75) is 39.4 Å². The van der Waals surface area contributed by atoms with Gasteiger partial charge < -0.3 is 14.9 Å². The summed E-state index contributed by atoms with van der Waals surface area (Å²) in [6, 6.07) is 9.06. The lowest BCUT2D eigenvalue weighted by Crippen LogP contribution is -2.23. The summed E-state index contributed by atoms with van der Waals surface area (Å²) < 4.78 is 6.55. The van der Waals surface area contributed by atoms with Crippen LogP contribution in [0.4, 0.5) is 0 Å². The highest BCUT2D eigenvalue weighted by atomic mass is 16.5. The molecule has 0 saturated heterocycles. The van der Waals surface area contributed by atoms with Crippen LogP contribution in [0, 0.1) is 13.8 Å². The Morgan fingerprint density at radius 3 is 2.65 bits per heavy atom. The molecule has 6 heteroatoms. The van der Waals surface area contributed by atoms with Gasteiger partial charge in [0.05, 0.1) is 30.5 Å². The Morgan fingerprint density at radius 1 is 1.30 bits per heavy atom. The number of aryl methyl sites for hydroxylation is 2. The molecule has 1 aromatic heterocycles. The van der Waals surface area contributed by atoms with E-state index < -0.39 is 18.2 Å². The molecule has 124 valence electrons. The minimum absolute atomic E-state index is 0.245. The predicted octanol–water partition coefficient (Wildman–Crippen LogP) is 1.84. The molecular weight excluding hydrogens is 296 g/mol. The Hall–Kier alpha value is -2.18. The van der Waals surface area contributed by atoms with E-state index >= 15 is 0 Å². The molecule has 0 aliphatic rings. The average molecular weight is 318 g/mol. The van der Waals surface area contributed by atoms with Crippen molar-refractivity contribution < 1.29 is 19.7 Å². The third-order valence-corrected chi connectivity index (χ3v) is 3.51. The van der Waals surface area contributed by atoms with E-state index in [-0.39, 0.29) is 13.0 Å². The van der Waals surface area contributed by atoms with Gasteiger partial charge in [-0.1, -0.05) is 12.1 Å². The molecule has 1 heterocycles. The highest BCUT2D eigenvalue weighted by Gasteiger charge is 2.22. The molecule has 6 nitrogen and oxygen atoms in total. The van der Waals surface area contributed by atoms with Crippen LogP contribution in [0.2, 0.25) is 0 Å². The Bertz CT molecular complexity index is 681. The van der Waals surface area contributed by atoms with Crippen molar-refractivity contribution in [3.63, 3.8) is 0 Å². The van der Waals surface area contributed by atoms with Crippen LogP contribution in [0.3, 0.4) is 0 Å². The number of hydrogen-bond donors (Lipinski definition) is 2. The summed E-state index contributed by atoms with van der Waals surface area (Å²) in [5, 5.41) is 24.7. The topological polar surface area (TPSA) is 84.6 Å². The molecule has 2 N–H and O–H groups in total. The number of carbonyl (C=O) groups excluding carboxylic acids is 1. The SMILES string of the molecule is CCOC(=O)CC(O)C(O)c1cccc(-n2nc(C)cc2C)c1. The Balaban J connectivity index is 2.18. The fourth-order valence-electron chi connectivity index (χ4n) is 2.46. The molecule has 1 aromatic carbocycles. The van der Waals surface area contributed by atoms with Crippen molar-refractivity contribution in [1.29, 1.82) is 0 Å². The van der Waals surface area contributed by atoms with E-state index in [0.717, 1.165) is 17.1 Å². The molecule has 0 amide bonds. The first kappa shape index (κ1) is 17.2. The van der Waals surface area contributed by atoms with Gasteiger partial charge in [0.2, 0.25) is 0 Å². The van der Waals surface area contributed by atoms with Gasteiger partial charge in [0.25, 0.3) is 0 Å². The van der Waals surface area contributed by atoms with Crippen molar-refractivity contribution in [2.24, 2.45) is 0 Å². The largest absolute Gasteiger partial charge is 0.466 e. The van der Waals surface area contributed by atoms with Gasteiger partial charge in [-0.15, -0.1) is 0 Å². The van der Waals surface area contributed by atoms with Crippen molar-refractivity contribution in [1.82, 2.24) is 9.78 Å². The molecule has 2 rings (SSSR count). The fraction of sp³-hybridized carbons (Fsp3) is 0.412. The zero-order chi connectivity index (χ0) is 17.0. The van der Waals surface area contributed by atoms with Gasteiger partial charge in [0, 0.05) is 5.69 Å². The average Bonchev–Trinajstić information content (AvgIpc) is 2.85. The monoisotopic (exact) mass is 318 g/mol. The zero-order valence-electron chi connectivity index (χ0n) is 13.6. The Morgan fingerprint density at radius 2 is 2.04 bits per heavy atom. The van der Waals surface area contributed by atoms with Crippen LogP contribution in [0.5, 0.6) is 0 Å². The number of carbonyl (C=O) groups is 1. The van der Waals surface area contributed by atoms with Crippen molar-refractivity contribution >= 4 is 5.97 Å². The predicted molar refractivity (Wildman–Crippen MR) is 85.3 cm³/mol. The summed E-state index contributed by atoms with van der Waals surface area (Å²) in [5.41, 5.74) is 3.18. The minimum atomic E-state index is -1.22.